The van der Waals surface area contributed by atoms with Crippen LogP contribution in [0.5, 0.6) is 0 Å². The van der Waals surface area contributed by atoms with Gasteiger partial charge in [-0.2, -0.15) is 0 Å². The van der Waals surface area contributed by atoms with Gasteiger partial charge in [-0.05, 0) is 18.9 Å². The maximum atomic E-state index is 12.3. The van der Waals surface area contributed by atoms with E-state index < -0.39 is 0 Å². The van der Waals surface area contributed by atoms with E-state index in [1.807, 2.05) is 43.3 Å². The van der Waals surface area contributed by atoms with Gasteiger partial charge in [0, 0.05) is 17.5 Å². The summed E-state index contributed by atoms with van der Waals surface area (Å²) < 4.78 is 4.61. The maximum absolute atomic E-state index is 12.3. The zero-order chi connectivity index (χ0) is 15.2. The third-order valence-corrected chi connectivity index (χ3v) is 3.38. The lowest BCUT2D eigenvalue weighted by Crippen LogP contribution is -2.03. The molecule has 0 bridgehead atoms. The van der Waals surface area contributed by atoms with Gasteiger partial charge in [-0.1, -0.05) is 54.1 Å². The highest BCUT2D eigenvalue weighted by Gasteiger charge is 2.09. The third-order valence-electron chi connectivity index (χ3n) is 3.38. The van der Waals surface area contributed by atoms with E-state index in [9.17, 15) is 9.59 Å². The van der Waals surface area contributed by atoms with Crippen LogP contribution in [0.25, 0.3) is 0 Å². The number of hydrogen-bond donors (Lipinski definition) is 0. The molecule has 0 spiro atoms. The standard InChI is InChI=1S/C18H18O3/c1-13-3-8-15(9-4-13)18(20)16-10-5-14(6-11-16)7-12-17(19)21-2/h3-6,8-11H,7,12H2,1-2H3. The molecule has 3 nitrogen and oxygen atoms in total. The molecule has 0 fully saturated rings. The second kappa shape index (κ2) is 6.84. The van der Waals surface area contributed by atoms with Gasteiger partial charge in [-0.3, -0.25) is 9.59 Å². The Morgan fingerprint density at radius 1 is 0.905 bits per heavy atom. The molecule has 108 valence electrons. The molecule has 0 heterocycles. The first-order valence-corrected chi connectivity index (χ1v) is 6.87. The molecule has 0 saturated heterocycles. The number of methoxy groups -OCH3 is 1. The molecule has 0 N–H and O–H groups in total. The SMILES string of the molecule is COC(=O)CCc1ccc(C(=O)c2ccc(C)cc2)cc1. The maximum Gasteiger partial charge on any atom is 0.305 e. The smallest absolute Gasteiger partial charge is 0.305 e. The van der Waals surface area contributed by atoms with Crippen molar-refractivity contribution < 1.29 is 14.3 Å². The van der Waals surface area contributed by atoms with Crippen LogP contribution < -0.4 is 0 Å². The number of carbonyl (C=O) groups is 2. The van der Waals surface area contributed by atoms with Crippen LogP contribution in [-0.4, -0.2) is 18.9 Å². The summed E-state index contributed by atoms with van der Waals surface area (Å²) in [5, 5.41) is 0. The highest BCUT2D eigenvalue weighted by molar-refractivity contribution is 6.08. The van der Waals surface area contributed by atoms with E-state index in [0.717, 1.165) is 11.1 Å². The Labute approximate surface area is 124 Å². The summed E-state index contributed by atoms with van der Waals surface area (Å²) in [5.74, 6) is -0.218. The van der Waals surface area contributed by atoms with Gasteiger partial charge in [0.05, 0.1) is 7.11 Å². The zero-order valence-corrected chi connectivity index (χ0v) is 12.3. The summed E-state index contributed by atoms with van der Waals surface area (Å²) in [6.45, 7) is 1.99. The minimum Gasteiger partial charge on any atom is -0.469 e. The van der Waals surface area contributed by atoms with Crippen LogP contribution in [0, 0.1) is 6.92 Å². The van der Waals surface area contributed by atoms with Crippen molar-refractivity contribution in [2.24, 2.45) is 0 Å². The van der Waals surface area contributed by atoms with Gasteiger partial charge in [0.15, 0.2) is 5.78 Å². The Balaban J connectivity index is 2.06. The van der Waals surface area contributed by atoms with Crippen molar-refractivity contribution in [3.63, 3.8) is 0 Å². The molecule has 0 radical (unpaired) electrons. The number of ether oxygens (including phenoxy) is 1. The average molecular weight is 282 g/mol. The van der Waals surface area contributed by atoms with Gasteiger partial charge >= 0.3 is 5.97 Å². The topological polar surface area (TPSA) is 43.4 Å². The molecule has 0 aliphatic heterocycles. The van der Waals surface area contributed by atoms with Crippen molar-refractivity contribution in [2.45, 2.75) is 19.8 Å². The predicted molar refractivity (Wildman–Crippen MR) is 81.4 cm³/mol. The van der Waals surface area contributed by atoms with Gasteiger partial charge < -0.3 is 4.74 Å². The Morgan fingerprint density at radius 2 is 1.43 bits per heavy atom. The number of hydrogen-bond acceptors (Lipinski definition) is 3. The summed E-state index contributed by atoms with van der Waals surface area (Å²) in [5.41, 5.74) is 3.48. The fourth-order valence-corrected chi connectivity index (χ4v) is 2.04. The lowest BCUT2D eigenvalue weighted by atomic mass is 10.00. The van der Waals surface area contributed by atoms with Crippen LogP contribution in [0.4, 0.5) is 0 Å². The van der Waals surface area contributed by atoms with Crippen LogP contribution >= 0.6 is 0 Å². The van der Waals surface area contributed by atoms with Crippen LogP contribution in [0.15, 0.2) is 48.5 Å². The molecule has 0 aliphatic rings. The molecule has 0 atom stereocenters. The minimum atomic E-state index is -0.227. The van der Waals surface area contributed by atoms with Crippen molar-refractivity contribution in [3.05, 3.63) is 70.8 Å². The van der Waals surface area contributed by atoms with Crippen molar-refractivity contribution in [2.75, 3.05) is 7.11 Å². The van der Waals surface area contributed by atoms with E-state index in [1.54, 1.807) is 12.1 Å². The largest absolute Gasteiger partial charge is 0.469 e. The lowest BCUT2D eigenvalue weighted by molar-refractivity contribution is -0.140. The third kappa shape index (κ3) is 4.02. The van der Waals surface area contributed by atoms with Crippen LogP contribution in [0.2, 0.25) is 0 Å². The zero-order valence-electron chi connectivity index (χ0n) is 12.3. The number of aryl methyl sites for hydroxylation is 2. The van der Waals surface area contributed by atoms with E-state index in [4.69, 9.17) is 0 Å². The van der Waals surface area contributed by atoms with E-state index >= 15 is 0 Å². The van der Waals surface area contributed by atoms with Crippen molar-refractivity contribution in [1.29, 1.82) is 0 Å². The normalized spacial score (nSPS) is 10.2. The highest BCUT2D eigenvalue weighted by Crippen LogP contribution is 2.13. The number of rotatable bonds is 5. The van der Waals surface area contributed by atoms with Gasteiger partial charge in [0.2, 0.25) is 0 Å². The first kappa shape index (κ1) is 15.0. The van der Waals surface area contributed by atoms with Gasteiger partial charge in [0.25, 0.3) is 0 Å². The van der Waals surface area contributed by atoms with Crippen LogP contribution in [0.3, 0.4) is 0 Å². The molecule has 0 unspecified atom stereocenters. The molecule has 0 saturated carbocycles. The molecular weight excluding hydrogens is 264 g/mol. The van der Waals surface area contributed by atoms with Crippen molar-refractivity contribution in [1.82, 2.24) is 0 Å². The van der Waals surface area contributed by atoms with E-state index in [0.29, 0.717) is 24.0 Å². The number of ketones is 1. The summed E-state index contributed by atoms with van der Waals surface area (Å²) in [6.07, 6.45) is 0.966. The number of benzene rings is 2. The number of esters is 1. The summed E-state index contributed by atoms with van der Waals surface area (Å²) >= 11 is 0. The Bertz CT molecular complexity index is 625. The van der Waals surface area contributed by atoms with Crippen molar-refractivity contribution >= 4 is 11.8 Å². The highest BCUT2D eigenvalue weighted by atomic mass is 16.5. The second-order valence-corrected chi connectivity index (χ2v) is 4.97. The molecule has 0 aliphatic carbocycles. The summed E-state index contributed by atoms with van der Waals surface area (Å²) in [4.78, 5) is 23.4. The lowest BCUT2D eigenvalue weighted by Gasteiger charge is -2.04. The Kier molecular flexibility index (Phi) is 4.88. The Hall–Kier alpha value is -2.42. The van der Waals surface area contributed by atoms with Gasteiger partial charge in [0.1, 0.15) is 0 Å². The molecule has 0 aromatic heterocycles. The first-order valence-electron chi connectivity index (χ1n) is 6.87. The van der Waals surface area contributed by atoms with Crippen LogP contribution in [-0.2, 0) is 16.0 Å². The second-order valence-electron chi connectivity index (χ2n) is 4.97. The van der Waals surface area contributed by atoms with Crippen LogP contribution in [0.1, 0.15) is 33.5 Å². The van der Waals surface area contributed by atoms with E-state index in [2.05, 4.69) is 4.74 Å². The fourth-order valence-electron chi connectivity index (χ4n) is 2.04. The van der Waals surface area contributed by atoms with E-state index in [1.165, 1.54) is 7.11 Å². The van der Waals surface area contributed by atoms with Gasteiger partial charge in [-0.15, -0.1) is 0 Å². The summed E-state index contributed by atoms with van der Waals surface area (Å²) in [7, 11) is 1.38. The predicted octanol–water partition coefficient (Wildman–Crippen LogP) is 3.33. The first-order chi connectivity index (χ1) is 10.1. The molecular formula is C18H18O3. The molecule has 2 aromatic rings. The molecule has 3 heteroatoms. The molecule has 2 aromatic carbocycles. The van der Waals surface area contributed by atoms with Gasteiger partial charge in [-0.25, -0.2) is 0 Å². The molecule has 21 heavy (non-hydrogen) atoms. The van der Waals surface area contributed by atoms with Crippen molar-refractivity contribution in [3.8, 4) is 0 Å². The quantitative estimate of drug-likeness (QED) is 0.624. The number of carbonyl (C=O) groups excluding carboxylic acids is 2. The monoisotopic (exact) mass is 282 g/mol. The average Bonchev–Trinajstić information content (AvgIpc) is 2.53. The minimum absolute atomic E-state index is 0.00881. The molecule has 2 rings (SSSR count). The molecule has 0 amide bonds. The summed E-state index contributed by atoms with van der Waals surface area (Å²) in [6, 6.07) is 14.9. The Morgan fingerprint density at radius 3 is 1.95 bits per heavy atom. The fraction of sp³-hybridized carbons (Fsp3) is 0.222. The van der Waals surface area contributed by atoms with E-state index in [-0.39, 0.29) is 11.8 Å².